The highest BCUT2D eigenvalue weighted by molar-refractivity contribution is 5.80. The number of alkyl halides is 2. The minimum atomic E-state index is -2.83. The Labute approximate surface area is 156 Å². The van der Waals surface area contributed by atoms with Crippen LogP contribution in [0.15, 0.2) is 48.8 Å². The Morgan fingerprint density at radius 1 is 1.04 bits per heavy atom. The first-order chi connectivity index (χ1) is 13.1. The number of likely N-dealkylation sites (tertiary alicyclic amines) is 2. The summed E-state index contributed by atoms with van der Waals surface area (Å²) in [7, 11) is 0. The van der Waals surface area contributed by atoms with E-state index >= 15 is 0 Å². The zero-order valence-corrected chi connectivity index (χ0v) is 14.8. The van der Waals surface area contributed by atoms with Crippen LogP contribution in [-0.4, -0.2) is 45.9 Å². The molecule has 1 aromatic carbocycles. The van der Waals surface area contributed by atoms with E-state index in [9.17, 15) is 13.6 Å². The summed E-state index contributed by atoms with van der Waals surface area (Å²) in [5, 5.41) is 0. The predicted molar refractivity (Wildman–Crippen MR) is 95.1 cm³/mol. The van der Waals surface area contributed by atoms with Gasteiger partial charge in [-0.2, -0.15) is 8.78 Å². The minimum absolute atomic E-state index is 0.128. The summed E-state index contributed by atoms with van der Waals surface area (Å²) < 4.78 is 28.9. The van der Waals surface area contributed by atoms with Crippen molar-refractivity contribution in [1.29, 1.82) is 0 Å². The number of carbonyl (C=O) groups is 1. The van der Waals surface area contributed by atoms with Crippen LogP contribution in [0.3, 0.4) is 0 Å². The molecule has 0 unspecified atom stereocenters. The standard InChI is InChI=1S/C20H21F2N3O2/c21-20(22)27-16-3-1-14(2-4-16)13-25-17-7-10-24(18(17)11-19(25)26)12-15-5-8-23-9-6-15/h1-6,8-9,17-18,20H,7,10-13H2/t17-,18-/m0/s1. The molecule has 142 valence electrons. The largest absolute Gasteiger partial charge is 0.435 e. The lowest BCUT2D eigenvalue weighted by molar-refractivity contribution is -0.129. The monoisotopic (exact) mass is 373 g/mol. The topological polar surface area (TPSA) is 45.7 Å². The molecule has 7 heteroatoms. The van der Waals surface area contributed by atoms with E-state index in [-0.39, 0.29) is 23.7 Å². The van der Waals surface area contributed by atoms with Crippen molar-refractivity contribution in [2.24, 2.45) is 0 Å². The van der Waals surface area contributed by atoms with Crippen LogP contribution in [0.2, 0.25) is 0 Å². The van der Waals surface area contributed by atoms with Crippen LogP contribution in [0.5, 0.6) is 5.75 Å². The first kappa shape index (κ1) is 17.9. The number of carbonyl (C=O) groups excluding carboxylic acids is 1. The zero-order valence-electron chi connectivity index (χ0n) is 14.8. The van der Waals surface area contributed by atoms with E-state index in [1.54, 1.807) is 24.5 Å². The molecule has 0 radical (unpaired) electrons. The first-order valence-corrected chi connectivity index (χ1v) is 9.06. The second kappa shape index (κ2) is 7.60. The van der Waals surface area contributed by atoms with Crippen LogP contribution in [0.25, 0.3) is 0 Å². The van der Waals surface area contributed by atoms with Gasteiger partial charge in [-0.1, -0.05) is 12.1 Å². The predicted octanol–water partition coefficient (Wildman–Crippen LogP) is 3.06. The fraction of sp³-hybridized carbons (Fsp3) is 0.400. The van der Waals surface area contributed by atoms with Gasteiger partial charge in [-0.25, -0.2) is 0 Å². The molecule has 4 rings (SSSR count). The SMILES string of the molecule is O=C1C[C@H]2[C@H](CCN2Cc2ccncc2)N1Cc1ccc(OC(F)F)cc1. The van der Waals surface area contributed by atoms with Crippen LogP contribution < -0.4 is 4.74 Å². The summed E-state index contributed by atoms with van der Waals surface area (Å²) in [5.41, 5.74) is 2.12. The van der Waals surface area contributed by atoms with Crippen molar-refractivity contribution in [2.45, 2.75) is 44.6 Å². The number of hydrogen-bond donors (Lipinski definition) is 0. The van der Waals surface area contributed by atoms with Crippen molar-refractivity contribution in [2.75, 3.05) is 6.54 Å². The maximum atomic E-state index is 12.6. The summed E-state index contributed by atoms with van der Waals surface area (Å²) in [5.74, 6) is 0.279. The van der Waals surface area contributed by atoms with E-state index in [2.05, 4.69) is 14.6 Å². The molecule has 27 heavy (non-hydrogen) atoms. The third-order valence-electron chi connectivity index (χ3n) is 5.37. The fourth-order valence-electron chi connectivity index (χ4n) is 4.11. The number of aromatic nitrogens is 1. The molecule has 2 fully saturated rings. The fourth-order valence-corrected chi connectivity index (χ4v) is 4.11. The van der Waals surface area contributed by atoms with Gasteiger partial charge < -0.3 is 9.64 Å². The molecule has 0 N–H and O–H groups in total. The van der Waals surface area contributed by atoms with E-state index in [1.165, 1.54) is 17.7 Å². The highest BCUT2D eigenvalue weighted by Crippen LogP contribution is 2.34. The van der Waals surface area contributed by atoms with Gasteiger partial charge >= 0.3 is 6.61 Å². The zero-order chi connectivity index (χ0) is 18.8. The Bertz CT molecular complexity index is 786. The lowest BCUT2D eigenvalue weighted by atomic mass is 10.1. The van der Waals surface area contributed by atoms with Crippen molar-refractivity contribution < 1.29 is 18.3 Å². The quantitative estimate of drug-likeness (QED) is 0.781. The molecule has 3 heterocycles. The Hall–Kier alpha value is -2.54. The van der Waals surface area contributed by atoms with Gasteiger partial charge in [0.05, 0.1) is 0 Å². The van der Waals surface area contributed by atoms with E-state index in [0.29, 0.717) is 13.0 Å². The molecule has 0 spiro atoms. The molecule has 1 amide bonds. The summed E-state index contributed by atoms with van der Waals surface area (Å²) in [6.45, 7) is -0.549. The summed E-state index contributed by atoms with van der Waals surface area (Å²) in [6.07, 6.45) is 5.06. The molecule has 2 saturated heterocycles. The van der Waals surface area contributed by atoms with Crippen molar-refractivity contribution in [3.8, 4) is 5.75 Å². The van der Waals surface area contributed by atoms with Gasteiger partial charge in [0, 0.05) is 50.5 Å². The Morgan fingerprint density at radius 2 is 1.74 bits per heavy atom. The van der Waals surface area contributed by atoms with Crippen LogP contribution in [0, 0.1) is 0 Å². The third kappa shape index (κ3) is 3.93. The molecule has 0 bridgehead atoms. The molecule has 5 nitrogen and oxygen atoms in total. The number of halogens is 2. The average Bonchev–Trinajstić information content (AvgIpc) is 3.17. The average molecular weight is 373 g/mol. The van der Waals surface area contributed by atoms with E-state index in [1.807, 2.05) is 17.0 Å². The molecule has 0 aliphatic carbocycles. The Kier molecular flexibility index (Phi) is 5.03. The normalized spacial score (nSPS) is 22.5. The summed E-state index contributed by atoms with van der Waals surface area (Å²) in [6, 6.07) is 11.0. The molecular formula is C20H21F2N3O2. The molecule has 2 aromatic rings. The Balaban J connectivity index is 1.41. The van der Waals surface area contributed by atoms with Crippen LogP contribution in [0.1, 0.15) is 24.0 Å². The number of amides is 1. The molecule has 2 aliphatic rings. The van der Waals surface area contributed by atoms with Crippen molar-refractivity contribution >= 4 is 5.91 Å². The minimum Gasteiger partial charge on any atom is -0.435 e. The van der Waals surface area contributed by atoms with Gasteiger partial charge in [-0.3, -0.25) is 14.7 Å². The lowest BCUT2D eigenvalue weighted by Crippen LogP contribution is -2.36. The highest BCUT2D eigenvalue weighted by Gasteiger charge is 2.46. The Morgan fingerprint density at radius 3 is 2.44 bits per heavy atom. The van der Waals surface area contributed by atoms with Crippen molar-refractivity contribution in [1.82, 2.24) is 14.8 Å². The maximum absolute atomic E-state index is 12.6. The van der Waals surface area contributed by atoms with E-state index < -0.39 is 6.61 Å². The second-order valence-corrected chi connectivity index (χ2v) is 7.00. The molecule has 1 aromatic heterocycles. The van der Waals surface area contributed by atoms with Gasteiger partial charge in [0.2, 0.25) is 5.91 Å². The molecule has 2 atom stereocenters. The van der Waals surface area contributed by atoms with Gasteiger partial charge in [-0.05, 0) is 41.8 Å². The van der Waals surface area contributed by atoms with Gasteiger partial charge in [0.25, 0.3) is 0 Å². The maximum Gasteiger partial charge on any atom is 0.387 e. The van der Waals surface area contributed by atoms with E-state index in [4.69, 9.17) is 0 Å². The number of nitrogens with zero attached hydrogens (tertiary/aromatic N) is 3. The third-order valence-corrected chi connectivity index (χ3v) is 5.37. The number of ether oxygens (including phenoxy) is 1. The van der Waals surface area contributed by atoms with E-state index in [0.717, 1.165) is 25.1 Å². The lowest BCUT2D eigenvalue weighted by Gasteiger charge is -2.25. The van der Waals surface area contributed by atoms with Crippen molar-refractivity contribution in [3.05, 3.63) is 59.9 Å². The first-order valence-electron chi connectivity index (χ1n) is 9.06. The van der Waals surface area contributed by atoms with Crippen molar-refractivity contribution in [3.63, 3.8) is 0 Å². The number of pyridine rings is 1. The van der Waals surface area contributed by atoms with Crippen LogP contribution in [-0.2, 0) is 17.9 Å². The van der Waals surface area contributed by atoms with Crippen LogP contribution >= 0.6 is 0 Å². The number of benzene rings is 1. The smallest absolute Gasteiger partial charge is 0.387 e. The number of rotatable bonds is 6. The number of fused-ring (bicyclic) bond motifs is 1. The molecule has 0 saturated carbocycles. The van der Waals surface area contributed by atoms with Crippen LogP contribution in [0.4, 0.5) is 8.78 Å². The second-order valence-electron chi connectivity index (χ2n) is 7.00. The molecule has 2 aliphatic heterocycles. The molecular weight excluding hydrogens is 352 g/mol. The van der Waals surface area contributed by atoms with Gasteiger partial charge in [-0.15, -0.1) is 0 Å². The van der Waals surface area contributed by atoms with Gasteiger partial charge in [0.15, 0.2) is 0 Å². The summed E-state index contributed by atoms with van der Waals surface area (Å²) in [4.78, 5) is 20.9. The summed E-state index contributed by atoms with van der Waals surface area (Å²) >= 11 is 0. The number of hydrogen-bond acceptors (Lipinski definition) is 4. The highest BCUT2D eigenvalue weighted by atomic mass is 19.3. The van der Waals surface area contributed by atoms with Gasteiger partial charge in [0.1, 0.15) is 5.75 Å².